The number of carbonyl (C=O) groups is 1. The number of hydrogen-bond donors (Lipinski definition) is 2. The van der Waals surface area contributed by atoms with Gasteiger partial charge >= 0.3 is 0 Å². The van der Waals surface area contributed by atoms with Crippen molar-refractivity contribution in [2.75, 3.05) is 0 Å². The Bertz CT molecular complexity index is 447. The molecule has 20 heavy (non-hydrogen) atoms. The molecule has 1 aliphatic carbocycles. The highest BCUT2D eigenvalue weighted by Crippen LogP contribution is 2.22. The summed E-state index contributed by atoms with van der Waals surface area (Å²) in [5.74, 6) is 0.163. The number of thiophene rings is 1. The van der Waals surface area contributed by atoms with Crippen LogP contribution in [0.15, 0.2) is 6.07 Å². The molecule has 0 atom stereocenters. The van der Waals surface area contributed by atoms with Crippen LogP contribution in [0.2, 0.25) is 0 Å². The normalized spacial score (nSPS) is 22.8. The topological polar surface area (TPSA) is 49.3 Å². The molecule has 0 saturated heterocycles. The zero-order valence-electron chi connectivity index (χ0n) is 12.4. The van der Waals surface area contributed by atoms with Crippen LogP contribution in [-0.4, -0.2) is 23.2 Å². The van der Waals surface area contributed by atoms with Gasteiger partial charge in [-0.25, -0.2) is 0 Å². The quantitative estimate of drug-likeness (QED) is 0.877. The van der Waals surface area contributed by atoms with Gasteiger partial charge in [-0.05, 0) is 64.0 Å². The van der Waals surface area contributed by atoms with Gasteiger partial charge in [0.05, 0.1) is 6.10 Å². The monoisotopic (exact) mass is 295 g/mol. The Morgan fingerprint density at radius 1 is 1.35 bits per heavy atom. The summed E-state index contributed by atoms with van der Waals surface area (Å²) in [5.41, 5.74) is 1.39. The number of hydrogen-bond acceptors (Lipinski definition) is 3. The van der Waals surface area contributed by atoms with Crippen molar-refractivity contribution in [2.45, 2.75) is 70.9 Å². The molecule has 0 aromatic carbocycles. The molecule has 0 spiro atoms. The molecule has 0 aliphatic heterocycles. The van der Waals surface area contributed by atoms with Crippen LogP contribution in [0, 0.1) is 13.8 Å². The molecule has 0 radical (unpaired) electrons. The van der Waals surface area contributed by atoms with Crippen LogP contribution in [0.25, 0.3) is 0 Å². The molecule has 1 aromatic rings. The number of carbonyl (C=O) groups excluding carboxylic acids is 1. The lowest BCUT2D eigenvalue weighted by Crippen LogP contribution is -2.38. The molecule has 1 saturated carbocycles. The highest BCUT2D eigenvalue weighted by Gasteiger charge is 2.20. The lowest BCUT2D eigenvalue weighted by atomic mass is 9.93. The Morgan fingerprint density at radius 3 is 2.65 bits per heavy atom. The summed E-state index contributed by atoms with van der Waals surface area (Å²) < 4.78 is 0. The zero-order valence-corrected chi connectivity index (χ0v) is 13.3. The number of nitrogens with one attached hydrogen (secondary N) is 1. The second-order valence-electron chi connectivity index (χ2n) is 5.86. The van der Waals surface area contributed by atoms with Crippen LogP contribution in [0.3, 0.4) is 0 Å². The van der Waals surface area contributed by atoms with Crippen LogP contribution < -0.4 is 5.32 Å². The van der Waals surface area contributed by atoms with E-state index in [1.165, 1.54) is 15.3 Å². The van der Waals surface area contributed by atoms with E-state index in [9.17, 15) is 9.90 Å². The van der Waals surface area contributed by atoms with E-state index < -0.39 is 0 Å². The van der Waals surface area contributed by atoms with Crippen LogP contribution in [-0.2, 0) is 11.2 Å². The Morgan fingerprint density at radius 2 is 2.05 bits per heavy atom. The number of rotatable bonds is 5. The van der Waals surface area contributed by atoms with Crippen molar-refractivity contribution in [1.82, 2.24) is 5.32 Å². The summed E-state index contributed by atoms with van der Waals surface area (Å²) in [7, 11) is 0. The summed E-state index contributed by atoms with van der Waals surface area (Å²) in [5, 5.41) is 12.5. The first-order valence-electron chi connectivity index (χ1n) is 7.58. The molecule has 1 fully saturated rings. The second kappa shape index (κ2) is 7.23. The molecule has 3 nitrogen and oxygen atoms in total. The van der Waals surface area contributed by atoms with Gasteiger partial charge in [-0.15, -0.1) is 11.3 Å². The van der Waals surface area contributed by atoms with E-state index in [2.05, 4.69) is 25.2 Å². The van der Waals surface area contributed by atoms with Crippen molar-refractivity contribution in [3.05, 3.63) is 21.4 Å². The first-order chi connectivity index (χ1) is 9.54. The molecule has 1 amide bonds. The number of amides is 1. The molecule has 0 bridgehead atoms. The third-order valence-electron chi connectivity index (χ3n) is 4.06. The van der Waals surface area contributed by atoms with Gasteiger partial charge in [0.15, 0.2) is 0 Å². The molecule has 1 aliphatic rings. The minimum atomic E-state index is -0.159. The van der Waals surface area contributed by atoms with Gasteiger partial charge in [0.25, 0.3) is 0 Å². The summed E-state index contributed by atoms with van der Waals surface area (Å²) in [6.45, 7) is 4.28. The van der Waals surface area contributed by atoms with E-state index >= 15 is 0 Å². The van der Waals surface area contributed by atoms with E-state index in [4.69, 9.17) is 0 Å². The van der Waals surface area contributed by atoms with Crippen molar-refractivity contribution >= 4 is 17.2 Å². The van der Waals surface area contributed by atoms with Crippen LogP contribution in [0.4, 0.5) is 0 Å². The molecule has 0 unspecified atom stereocenters. The zero-order chi connectivity index (χ0) is 14.5. The maximum Gasteiger partial charge on any atom is 0.220 e. The van der Waals surface area contributed by atoms with Crippen molar-refractivity contribution < 1.29 is 9.90 Å². The molecule has 2 N–H and O–H groups in total. The average molecular weight is 295 g/mol. The van der Waals surface area contributed by atoms with E-state index in [1.54, 1.807) is 0 Å². The van der Waals surface area contributed by atoms with Gasteiger partial charge < -0.3 is 10.4 Å². The SMILES string of the molecule is Cc1cc(CCCC(=O)NC2CCC(O)CC2)c(C)s1. The van der Waals surface area contributed by atoms with Crippen molar-refractivity contribution in [3.63, 3.8) is 0 Å². The lowest BCUT2D eigenvalue weighted by molar-refractivity contribution is -0.122. The lowest BCUT2D eigenvalue weighted by Gasteiger charge is -2.26. The van der Waals surface area contributed by atoms with E-state index in [1.807, 2.05) is 11.3 Å². The predicted molar refractivity (Wildman–Crippen MR) is 83.1 cm³/mol. The molecule has 112 valence electrons. The molecular formula is C16H25NO2S. The maximum absolute atomic E-state index is 11.9. The number of aliphatic hydroxyl groups is 1. The van der Waals surface area contributed by atoms with Gasteiger partial charge in [-0.1, -0.05) is 0 Å². The fourth-order valence-corrected chi connectivity index (χ4v) is 3.87. The molecule has 1 heterocycles. The average Bonchev–Trinajstić information content (AvgIpc) is 2.71. The molecular weight excluding hydrogens is 270 g/mol. The minimum absolute atomic E-state index is 0.159. The largest absolute Gasteiger partial charge is 0.393 e. The first-order valence-corrected chi connectivity index (χ1v) is 8.39. The highest BCUT2D eigenvalue weighted by molar-refractivity contribution is 7.12. The van der Waals surface area contributed by atoms with Crippen LogP contribution >= 0.6 is 11.3 Å². The molecule has 4 heteroatoms. The van der Waals surface area contributed by atoms with Gasteiger partial charge in [-0.2, -0.15) is 0 Å². The van der Waals surface area contributed by atoms with Crippen LogP contribution in [0.5, 0.6) is 0 Å². The first kappa shape index (κ1) is 15.5. The Kier molecular flexibility index (Phi) is 5.61. The summed E-state index contributed by atoms with van der Waals surface area (Å²) in [4.78, 5) is 14.6. The minimum Gasteiger partial charge on any atom is -0.393 e. The summed E-state index contributed by atoms with van der Waals surface area (Å²) in [6.07, 6.45) is 5.81. The molecule has 1 aromatic heterocycles. The smallest absolute Gasteiger partial charge is 0.220 e. The van der Waals surface area contributed by atoms with Gasteiger partial charge in [-0.3, -0.25) is 4.79 Å². The standard InChI is InChI=1S/C16H25NO2S/c1-11-10-13(12(2)20-11)4-3-5-16(19)17-14-6-8-15(18)9-7-14/h10,14-15,18H,3-9H2,1-2H3,(H,17,19). The fourth-order valence-electron chi connectivity index (χ4n) is 2.89. The highest BCUT2D eigenvalue weighted by atomic mass is 32.1. The van der Waals surface area contributed by atoms with Gasteiger partial charge in [0.1, 0.15) is 0 Å². The summed E-state index contributed by atoms with van der Waals surface area (Å²) in [6, 6.07) is 2.51. The number of aliphatic hydroxyl groups excluding tert-OH is 1. The Hall–Kier alpha value is -0.870. The van der Waals surface area contributed by atoms with E-state index in [-0.39, 0.29) is 18.1 Å². The number of aryl methyl sites for hydroxylation is 3. The van der Waals surface area contributed by atoms with Gasteiger partial charge in [0.2, 0.25) is 5.91 Å². The Balaban J connectivity index is 1.66. The van der Waals surface area contributed by atoms with Crippen molar-refractivity contribution in [3.8, 4) is 0 Å². The van der Waals surface area contributed by atoms with Crippen molar-refractivity contribution in [1.29, 1.82) is 0 Å². The molecule has 2 rings (SSSR count). The van der Waals surface area contributed by atoms with E-state index in [0.717, 1.165) is 38.5 Å². The van der Waals surface area contributed by atoms with E-state index in [0.29, 0.717) is 6.42 Å². The fraction of sp³-hybridized carbons (Fsp3) is 0.688. The van der Waals surface area contributed by atoms with Gasteiger partial charge in [0, 0.05) is 22.2 Å². The summed E-state index contributed by atoms with van der Waals surface area (Å²) >= 11 is 1.83. The second-order valence-corrected chi connectivity index (χ2v) is 7.33. The third-order valence-corrected chi connectivity index (χ3v) is 5.06. The predicted octanol–water partition coefficient (Wildman–Crippen LogP) is 3.11. The van der Waals surface area contributed by atoms with Crippen molar-refractivity contribution in [2.24, 2.45) is 0 Å². The van der Waals surface area contributed by atoms with Crippen LogP contribution in [0.1, 0.15) is 53.8 Å². The Labute approximate surface area is 125 Å². The maximum atomic E-state index is 11.9. The third kappa shape index (κ3) is 4.60.